The molecule has 0 fully saturated rings. The Bertz CT molecular complexity index is 636. The minimum atomic E-state index is -1.12. The Hall–Kier alpha value is -2.41. The van der Waals surface area contributed by atoms with Crippen LogP contribution < -0.4 is 9.64 Å². The number of rotatable bonds is 4. The van der Waals surface area contributed by atoms with E-state index >= 15 is 0 Å². The number of anilines is 2. The van der Waals surface area contributed by atoms with Crippen LogP contribution in [0.25, 0.3) is 0 Å². The van der Waals surface area contributed by atoms with Crippen molar-refractivity contribution in [3.8, 4) is 5.75 Å². The van der Waals surface area contributed by atoms with Crippen molar-refractivity contribution in [3.05, 3.63) is 35.3 Å². The number of amides is 1. The Morgan fingerprint density at radius 2 is 1.95 bits per heavy atom. The van der Waals surface area contributed by atoms with Gasteiger partial charge in [-0.2, -0.15) is 0 Å². The van der Waals surface area contributed by atoms with Gasteiger partial charge in [-0.05, 0) is 24.3 Å². The summed E-state index contributed by atoms with van der Waals surface area (Å²) < 4.78 is 5.06. The van der Waals surface area contributed by atoms with E-state index in [-0.39, 0.29) is 11.6 Å². The molecule has 1 amide bonds. The predicted molar refractivity (Wildman–Crippen MR) is 74.9 cm³/mol. The number of aromatic nitrogens is 1. The molecule has 0 radical (unpaired) electrons. The number of carboxylic acids is 1. The van der Waals surface area contributed by atoms with Gasteiger partial charge in [0.05, 0.1) is 12.8 Å². The highest BCUT2D eigenvalue weighted by Crippen LogP contribution is 2.30. The molecule has 1 heterocycles. The fourth-order valence-electron chi connectivity index (χ4n) is 1.62. The van der Waals surface area contributed by atoms with Gasteiger partial charge in [-0.25, -0.2) is 9.78 Å². The van der Waals surface area contributed by atoms with Crippen LogP contribution in [0.3, 0.4) is 0 Å². The van der Waals surface area contributed by atoms with Gasteiger partial charge in [0, 0.05) is 12.3 Å². The molecule has 0 aliphatic carbocycles. The molecule has 20 heavy (non-hydrogen) atoms. The second-order valence-electron chi connectivity index (χ2n) is 3.87. The van der Waals surface area contributed by atoms with E-state index < -0.39 is 5.97 Å². The van der Waals surface area contributed by atoms with Crippen LogP contribution >= 0.6 is 11.3 Å². The van der Waals surface area contributed by atoms with Gasteiger partial charge >= 0.3 is 5.97 Å². The summed E-state index contributed by atoms with van der Waals surface area (Å²) in [6, 6.07) is 6.86. The third kappa shape index (κ3) is 2.77. The van der Waals surface area contributed by atoms with Crippen molar-refractivity contribution in [2.45, 2.75) is 6.92 Å². The first-order valence-electron chi connectivity index (χ1n) is 5.66. The number of hydrogen-bond donors (Lipinski definition) is 1. The third-order valence-corrected chi connectivity index (χ3v) is 3.37. The lowest BCUT2D eigenvalue weighted by atomic mass is 10.3. The van der Waals surface area contributed by atoms with E-state index in [1.165, 1.54) is 17.2 Å². The first-order valence-corrected chi connectivity index (χ1v) is 6.54. The van der Waals surface area contributed by atoms with Crippen LogP contribution in [0.1, 0.15) is 17.4 Å². The van der Waals surface area contributed by atoms with Gasteiger partial charge in [-0.15, -0.1) is 11.3 Å². The monoisotopic (exact) mass is 292 g/mol. The number of thiazole rings is 1. The van der Waals surface area contributed by atoms with Crippen LogP contribution in [0, 0.1) is 0 Å². The van der Waals surface area contributed by atoms with Gasteiger partial charge in [0.1, 0.15) is 5.75 Å². The number of ether oxygens (including phenoxy) is 1. The van der Waals surface area contributed by atoms with Crippen molar-refractivity contribution in [2.75, 3.05) is 12.0 Å². The zero-order valence-electron chi connectivity index (χ0n) is 10.9. The lowest BCUT2D eigenvalue weighted by Crippen LogP contribution is -2.22. The molecule has 104 valence electrons. The summed E-state index contributed by atoms with van der Waals surface area (Å²) in [5, 5.41) is 10.6. The van der Waals surface area contributed by atoms with Crippen molar-refractivity contribution >= 4 is 34.0 Å². The van der Waals surface area contributed by atoms with Crippen LogP contribution in [-0.2, 0) is 4.79 Å². The molecular weight excluding hydrogens is 280 g/mol. The van der Waals surface area contributed by atoms with E-state index in [0.717, 1.165) is 11.3 Å². The number of nitrogens with zero attached hydrogens (tertiary/aromatic N) is 2. The molecule has 0 aliphatic rings. The van der Waals surface area contributed by atoms with Crippen molar-refractivity contribution < 1.29 is 19.4 Å². The maximum absolute atomic E-state index is 11.8. The summed E-state index contributed by atoms with van der Waals surface area (Å²) in [5.41, 5.74) is 0.523. The highest BCUT2D eigenvalue weighted by Gasteiger charge is 2.19. The molecule has 6 nitrogen and oxygen atoms in total. The molecule has 0 bridgehead atoms. The van der Waals surface area contributed by atoms with E-state index in [4.69, 9.17) is 9.84 Å². The highest BCUT2D eigenvalue weighted by molar-refractivity contribution is 7.14. The standard InChI is InChI=1S/C13H12N2O4S/c1-8(16)15(9-3-5-10(19-2)6-4-9)13-14-11(7-20-13)12(17)18/h3-7H,1-2H3,(H,17,18). The molecular formula is C13H12N2O4S. The Labute approximate surface area is 119 Å². The first kappa shape index (κ1) is 14.0. The molecule has 0 unspecified atom stereocenters. The minimum Gasteiger partial charge on any atom is -0.497 e. The van der Waals surface area contributed by atoms with Gasteiger partial charge in [-0.3, -0.25) is 9.69 Å². The van der Waals surface area contributed by atoms with Crippen LogP contribution in [-0.4, -0.2) is 29.1 Å². The van der Waals surface area contributed by atoms with Crippen LogP contribution in [0.5, 0.6) is 5.75 Å². The second kappa shape index (κ2) is 5.70. The van der Waals surface area contributed by atoms with Gasteiger partial charge in [0.2, 0.25) is 5.91 Å². The number of methoxy groups -OCH3 is 1. The molecule has 0 aliphatic heterocycles. The van der Waals surface area contributed by atoms with Gasteiger partial charge in [0.25, 0.3) is 0 Å². The summed E-state index contributed by atoms with van der Waals surface area (Å²) in [7, 11) is 1.55. The summed E-state index contributed by atoms with van der Waals surface area (Å²) in [4.78, 5) is 27.9. The van der Waals surface area contributed by atoms with Gasteiger partial charge in [-0.1, -0.05) is 0 Å². The van der Waals surface area contributed by atoms with Crippen molar-refractivity contribution in [1.29, 1.82) is 0 Å². The fraction of sp³-hybridized carbons (Fsp3) is 0.154. The van der Waals surface area contributed by atoms with Crippen molar-refractivity contribution in [1.82, 2.24) is 4.98 Å². The number of carboxylic acid groups (broad SMARTS) is 1. The average molecular weight is 292 g/mol. The van der Waals surface area contributed by atoms with Crippen LogP contribution in [0.2, 0.25) is 0 Å². The molecule has 2 aromatic rings. The lowest BCUT2D eigenvalue weighted by molar-refractivity contribution is -0.115. The normalized spacial score (nSPS) is 10.1. The molecule has 2 rings (SSSR count). The molecule has 7 heteroatoms. The second-order valence-corrected chi connectivity index (χ2v) is 4.71. The predicted octanol–water partition coefficient (Wildman–Crippen LogP) is 2.53. The number of carbonyl (C=O) groups is 2. The molecule has 0 atom stereocenters. The van der Waals surface area contributed by atoms with Crippen molar-refractivity contribution in [2.24, 2.45) is 0 Å². The van der Waals surface area contributed by atoms with E-state index in [1.54, 1.807) is 31.4 Å². The third-order valence-electron chi connectivity index (χ3n) is 2.55. The van der Waals surface area contributed by atoms with E-state index in [9.17, 15) is 9.59 Å². The van der Waals surface area contributed by atoms with Crippen molar-refractivity contribution in [3.63, 3.8) is 0 Å². The summed E-state index contributed by atoms with van der Waals surface area (Å²) in [5.74, 6) is -0.699. The van der Waals surface area contributed by atoms with Crippen LogP contribution in [0.4, 0.5) is 10.8 Å². The molecule has 1 N–H and O–H groups in total. The highest BCUT2D eigenvalue weighted by atomic mass is 32.1. The smallest absolute Gasteiger partial charge is 0.355 e. The summed E-state index contributed by atoms with van der Waals surface area (Å²) in [6.07, 6.45) is 0. The molecule has 1 aromatic heterocycles. The van der Waals surface area contributed by atoms with Gasteiger partial charge in [0.15, 0.2) is 10.8 Å². The Kier molecular flexibility index (Phi) is 3.99. The molecule has 0 spiro atoms. The Morgan fingerprint density at radius 3 is 2.40 bits per heavy atom. The molecule has 0 saturated carbocycles. The largest absolute Gasteiger partial charge is 0.497 e. The van der Waals surface area contributed by atoms with E-state index in [0.29, 0.717) is 16.6 Å². The van der Waals surface area contributed by atoms with Crippen LogP contribution in [0.15, 0.2) is 29.6 Å². The number of benzene rings is 1. The zero-order valence-corrected chi connectivity index (χ0v) is 11.7. The summed E-state index contributed by atoms with van der Waals surface area (Å²) >= 11 is 1.10. The minimum absolute atomic E-state index is 0.0789. The number of hydrogen-bond acceptors (Lipinski definition) is 5. The summed E-state index contributed by atoms with van der Waals surface area (Å²) in [6.45, 7) is 1.39. The SMILES string of the molecule is COc1ccc(N(C(C)=O)c2nc(C(=O)O)cs2)cc1. The molecule has 1 aromatic carbocycles. The van der Waals surface area contributed by atoms with Gasteiger partial charge < -0.3 is 9.84 Å². The first-order chi connectivity index (χ1) is 9.52. The quantitative estimate of drug-likeness (QED) is 0.936. The molecule has 0 saturated heterocycles. The fourth-order valence-corrected chi connectivity index (χ4v) is 2.48. The zero-order chi connectivity index (χ0) is 14.7. The Morgan fingerprint density at radius 1 is 1.30 bits per heavy atom. The number of aromatic carboxylic acids is 1. The number of carbonyl (C=O) groups excluding carboxylic acids is 1. The van der Waals surface area contributed by atoms with E-state index in [2.05, 4.69) is 4.98 Å². The average Bonchev–Trinajstić information content (AvgIpc) is 2.89. The lowest BCUT2D eigenvalue weighted by Gasteiger charge is -2.18. The maximum Gasteiger partial charge on any atom is 0.355 e. The van der Waals surface area contributed by atoms with E-state index in [1.807, 2.05) is 0 Å². The topological polar surface area (TPSA) is 79.7 Å². The Balaban J connectivity index is 2.39. The maximum atomic E-state index is 11.8.